The average Bonchev–Trinajstić information content (AvgIpc) is 3.38. The van der Waals surface area contributed by atoms with Gasteiger partial charge in [-0.3, -0.25) is 9.79 Å². The Morgan fingerprint density at radius 2 is 1.71 bits per heavy atom. The molecule has 0 saturated carbocycles. The molecule has 198 valence electrons. The fraction of sp³-hybridized carbons (Fsp3) is 0.290. The molecule has 1 heterocycles. The van der Waals surface area contributed by atoms with E-state index in [-0.39, 0.29) is 24.7 Å². The molecular formula is C31H33ClN2O4. The number of benzene rings is 3. The van der Waals surface area contributed by atoms with Crippen LogP contribution in [0.25, 0.3) is 0 Å². The Kier molecular flexibility index (Phi) is 8.67. The third-order valence-electron chi connectivity index (χ3n) is 7.11. The van der Waals surface area contributed by atoms with Crippen LogP contribution in [0.5, 0.6) is 5.75 Å². The van der Waals surface area contributed by atoms with E-state index < -0.39 is 11.1 Å². The largest absolute Gasteiger partial charge is 0.508 e. The molecule has 0 spiro atoms. The van der Waals surface area contributed by atoms with Gasteiger partial charge < -0.3 is 20.6 Å². The number of aliphatic hydroxyl groups is 2. The Morgan fingerprint density at radius 1 is 1.03 bits per heavy atom. The van der Waals surface area contributed by atoms with Gasteiger partial charge in [-0.05, 0) is 59.0 Å². The van der Waals surface area contributed by atoms with Crippen molar-refractivity contribution in [3.8, 4) is 5.75 Å². The number of aliphatic imine (C=N–C) groups is 1. The summed E-state index contributed by atoms with van der Waals surface area (Å²) in [6.07, 6.45) is 7.27. The Hall–Kier alpha value is -3.45. The van der Waals surface area contributed by atoms with E-state index in [9.17, 15) is 20.1 Å². The van der Waals surface area contributed by atoms with E-state index >= 15 is 0 Å². The van der Waals surface area contributed by atoms with Gasteiger partial charge in [0.1, 0.15) is 5.75 Å². The highest BCUT2D eigenvalue weighted by Crippen LogP contribution is 2.40. The number of rotatable bonds is 11. The maximum Gasteiger partial charge on any atom is 0.224 e. The van der Waals surface area contributed by atoms with Crippen molar-refractivity contribution in [3.63, 3.8) is 0 Å². The highest BCUT2D eigenvalue weighted by molar-refractivity contribution is 6.30. The SMILES string of the molecule is CCC1(CC(O)(Cc2ccc(CC(=O)NCc3ccc(Cl)cc3)cc2)c2ccc(O)c(CO)c2)C=CC=N1. The number of hydrogen-bond donors (Lipinski definition) is 4. The van der Waals surface area contributed by atoms with E-state index in [0.717, 1.165) is 23.1 Å². The molecule has 7 heteroatoms. The van der Waals surface area contributed by atoms with Crippen molar-refractivity contribution < 1.29 is 20.1 Å². The van der Waals surface area contributed by atoms with E-state index in [2.05, 4.69) is 10.3 Å². The lowest BCUT2D eigenvalue weighted by Gasteiger charge is -2.36. The fourth-order valence-electron chi connectivity index (χ4n) is 4.83. The van der Waals surface area contributed by atoms with Gasteiger partial charge in [-0.1, -0.05) is 67.1 Å². The second-order valence-electron chi connectivity index (χ2n) is 9.88. The number of aliphatic hydroxyl groups excluding tert-OH is 1. The van der Waals surface area contributed by atoms with Crippen LogP contribution >= 0.6 is 11.6 Å². The van der Waals surface area contributed by atoms with Gasteiger partial charge in [-0.2, -0.15) is 0 Å². The summed E-state index contributed by atoms with van der Waals surface area (Å²) in [6, 6.07) is 19.8. The summed E-state index contributed by atoms with van der Waals surface area (Å²) in [5.41, 5.74) is 1.86. The van der Waals surface area contributed by atoms with Crippen molar-refractivity contribution >= 4 is 23.7 Å². The minimum atomic E-state index is -1.31. The molecule has 4 rings (SSSR count). The summed E-state index contributed by atoms with van der Waals surface area (Å²) in [6.45, 7) is 2.14. The standard InChI is InChI=1S/C31H33ClN2O4/c1-2-30(14-3-15-34-30)21-31(38,26-10-13-28(36)25(17-26)20-35)18-23-6-4-22(5-7-23)16-29(37)33-19-24-8-11-27(32)12-9-24/h3-15,17,35-36,38H,2,16,18-21H2,1H3,(H,33,37). The average molecular weight is 533 g/mol. The van der Waals surface area contributed by atoms with E-state index in [1.54, 1.807) is 30.5 Å². The minimum absolute atomic E-state index is 0.0127. The van der Waals surface area contributed by atoms with Gasteiger partial charge in [-0.15, -0.1) is 0 Å². The van der Waals surface area contributed by atoms with Gasteiger partial charge in [-0.25, -0.2) is 0 Å². The quantitative estimate of drug-likeness (QED) is 0.279. The van der Waals surface area contributed by atoms with E-state index in [0.29, 0.717) is 35.5 Å². The molecule has 0 fully saturated rings. The topological polar surface area (TPSA) is 102 Å². The molecule has 0 aromatic heterocycles. The van der Waals surface area contributed by atoms with Crippen LogP contribution in [-0.2, 0) is 36.4 Å². The molecule has 38 heavy (non-hydrogen) atoms. The number of nitrogens with zero attached hydrogens (tertiary/aromatic N) is 1. The van der Waals surface area contributed by atoms with E-state index in [4.69, 9.17) is 11.6 Å². The first-order valence-electron chi connectivity index (χ1n) is 12.7. The van der Waals surface area contributed by atoms with Crippen molar-refractivity contribution in [2.75, 3.05) is 0 Å². The molecule has 0 saturated heterocycles. The Balaban J connectivity index is 1.49. The number of halogens is 1. The van der Waals surface area contributed by atoms with Crippen LogP contribution in [0.3, 0.4) is 0 Å². The minimum Gasteiger partial charge on any atom is -0.508 e. The summed E-state index contributed by atoms with van der Waals surface area (Å²) in [7, 11) is 0. The highest BCUT2D eigenvalue weighted by Gasteiger charge is 2.40. The van der Waals surface area contributed by atoms with Crippen LogP contribution in [0.1, 0.15) is 47.6 Å². The molecule has 3 aromatic carbocycles. The lowest BCUT2D eigenvalue weighted by atomic mass is 9.75. The highest BCUT2D eigenvalue weighted by atomic mass is 35.5. The molecule has 2 atom stereocenters. The normalized spacial score (nSPS) is 17.9. The third-order valence-corrected chi connectivity index (χ3v) is 7.36. The van der Waals surface area contributed by atoms with Gasteiger partial charge in [0.2, 0.25) is 5.91 Å². The van der Waals surface area contributed by atoms with Gasteiger partial charge in [0.25, 0.3) is 0 Å². The lowest BCUT2D eigenvalue weighted by molar-refractivity contribution is -0.120. The lowest BCUT2D eigenvalue weighted by Crippen LogP contribution is -2.38. The zero-order valence-corrected chi connectivity index (χ0v) is 22.2. The molecule has 2 unspecified atom stereocenters. The molecule has 1 aliphatic heterocycles. The second kappa shape index (κ2) is 11.9. The Labute approximate surface area is 228 Å². The van der Waals surface area contributed by atoms with Crippen molar-refractivity contribution in [3.05, 3.63) is 112 Å². The number of allylic oxidation sites excluding steroid dienone is 1. The smallest absolute Gasteiger partial charge is 0.224 e. The molecule has 0 aliphatic carbocycles. The van der Waals surface area contributed by atoms with Crippen LogP contribution in [0.15, 0.2) is 83.9 Å². The van der Waals surface area contributed by atoms with Crippen molar-refractivity contribution in [1.29, 1.82) is 0 Å². The van der Waals surface area contributed by atoms with Crippen molar-refractivity contribution in [1.82, 2.24) is 5.32 Å². The molecule has 1 amide bonds. The van der Waals surface area contributed by atoms with Gasteiger partial charge >= 0.3 is 0 Å². The van der Waals surface area contributed by atoms with E-state index in [1.165, 1.54) is 6.07 Å². The predicted molar refractivity (Wildman–Crippen MR) is 150 cm³/mol. The number of carbonyl (C=O) groups excluding carboxylic acids is 1. The van der Waals surface area contributed by atoms with Crippen LogP contribution in [-0.4, -0.2) is 33.0 Å². The predicted octanol–water partition coefficient (Wildman–Crippen LogP) is 5.01. The van der Waals surface area contributed by atoms with Crippen molar-refractivity contribution in [2.45, 2.75) is 56.9 Å². The number of hydrogen-bond acceptors (Lipinski definition) is 5. The maximum absolute atomic E-state index is 12.5. The van der Waals surface area contributed by atoms with E-state index in [1.807, 2.05) is 55.5 Å². The Bertz CT molecular complexity index is 1310. The number of aromatic hydroxyl groups is 1. The Morgan fingerprint density at radius 3 is 2.34 bits per heavy atom. The fourth-order valence-corrected chi connectivity index (χ4v) is 4.96. The van der Waals surface area contributed by atoms with Crippen LogP contribution in [0, 0.1) is 0 Å². The first kappa shape index (κ1) is 27.6. The van der Waals surface area contributed by atoms with Gasteiger partial charge in [0.05, 0.1) is 24.2 Å². The van der Waals surface area contributed by atoms with Crippen LogP contribution in [0.4, 0.5) is 0 Å². The number of phenols is 1. The molecular weight excluding hydrogens is 500 g/mol. The number of nitrogens with one attached hydrogen (secondary N) is 1. The summed E-state index contributed by atoms with van der Waals surface area (Å²) in [4.78, 5) is 17.1. The molecule has 1 aliphatic rings. The monoisotopic (exact) mass is 532 g/mol. The number of amides is 1. The van der Waals surface area contributed by atoms with Crippen molar-refractivity contribution in [2.24, 2.45) is 4.99 Å². The summed E-state index contributed by atoms with van der Waals surface area (Å²) in [5.74, 6) is -0.0955. The summed E-state index contributed by atoms with van der Waals surface area (Å²) in [5, 5.41) is 35.4. The third kappa shape index (κ3) is 6.70. The van der Waals surface area contributed by atoms with Gasteiger partial charge in [0, 0.05) is 36.2 Å². The molecule has 4 N–H and O–H groups in total. The van der Waals surface area contributed by atoms with Crippen LogP contribution < -0.4 is 5.32 Å². The number of carbonyl (C=O) groups is 1. The first-order chi connectivity index (χ1) is 18.2. The summed E-state index contributed by atoms with van der Waals surface area (Å²) >= 11 is 5.91. The summed E-state index contributed by atoms with van der Waals surface area (Å²) < 4.78 is 0. The molecule has 0 bridgehead atoms. The molecule has 3 aromatic rings. The first-order valence-corrected chi connectivity index (χ1v) is 13.1. The maximum atomic E-state index is 12.5. The van der Waals surface area contributed by atoms with Crippen LogP contribution in [0.2, 0.25) is 5.02 Å². The molecule has 6 nitrogen and oxygen atoms in total. The van der Waals surface area contributed by atoms with Gasteiger partial charge in [0.15, 0.2) is 0 Å². The molecule has 0 radical (unpaired) electrons. The second-order valence-corrected chi connectivity index (χ2v) is 10.3. The zero-order valence-electron chi connectivity index (χ0n) is 21.4. The zero-order chi connectivity index (χ0) is 27.2.